The minimum Gasteiger partial charge on any atom is -0.464 e. The lowest BCUT2D eigenvalue weighted by molar-refractivity contribution is 0.617. The maximum absolute atomic E-state index is 5.71. The van der Waals surface area contributed by atoms with Crippen LogP contribution in [0.3, 0.4) is 0 Å². The Hall–Kier alpha value is -1.32. The van der Waals surface area contributed by atoms with Crippen LogP contribution in [0.25, 0.3) is 21.5 Å². The normalized spacial score (nSPS) is 11.1. The zero-order valence-corrected chi connectivity index (χ0v) is 10.6. The molecule has 86 valence electrons. The summed E-state index contributed by atoms with van der Waals surface area (Å²) < 4.78 is 5.51. The van der Waals surface area contributed by atoms with Gasteiger partial charge in [-0.2, -0.15) is 0 Å². The van der Waals surface area contributed by atoms with Crippen LogP contribution in [-0.4, -0.2) is 10.9 Å². The third-order valence-electron chi connectivity index (χ3n) is 2.61. The number of hydrogen-bond donors (Lipinski definition) is 0. The molecule has 0 N–H and O–H groups in total. The lowest BCUT2D eigenvalue weighted by Crippen LogP contribution is -1.85. The van der Waals surface area contributed by atoms with Gasteiger partial charge in [0.2, 0.25) is 0 Å². The first-order chi connectivity index (χ1) is 8.38. The number of benzene rings is 1. The first kappa shape index (κ1) is 10.8. The van der Waals surface area contributed by atoms with Gasteiger partial charge in [-0.25, -0.2) is 4.98 Å². The quantitative estimate of drug-likeness (QED) is 0.657. The number of nitrogens with zero attached hydrogens (tertiary/aromatic N) is 1. The van der Waals surface area contributed by atoms with Gasteiger partial charge in [0.15, 0.2) is 0 Å². The minimum absolute atomic E-state index is 0.606. The SMILES string of the molecule is ClCCc1csc(-c2coc3ccccc23)n1. The van der Waals surface area contributed by atoms with E-state index in [1.165, 1.54) is 0 Å². The van der Waals surface area contributed by atoms with E-state index in [2.05, 4.69) is 16.4 Å². The summed E-state index contributed by atoms with van der Waals surface area (Å²) in [7, 11) is 0. The summed E-state index contributed by atoms with van der Waals surface area (Å²) in [6, 6.07) is 7.99. The molecule has 0 atom stereocenters. The molecule has 2 aromatic heterocycles. The third-order valence-corrected chi connectivity index (χ3v) is 3.73. The van der Waals surface area contributed by atoms with E-state index in [4.69, 9.17) is 16.0 Å². The van der Waals surface area contributed by atoms with Crippen molar-refractivity contribution in [2.24, 2.45) is 0 Å². The summed E-state index contributed by atoms with van der Waals surface area (Å²) in [6.07, 6.45) is 2.59. The number of halogens is 1. The summed E-state index contributed by atoms with van der Waals surface area (Å²) in [5.41, 5.74) is 3.01. The van der Waals surface area contributed by atoms with Gasteiger partial charge in [-0.05, 0) is 6.07 Å². The van der Waals surface area contributed by atoms with Crippen molar-refractivity contribution in [2.45, 2.75) is 6.42 Å². The van der Waals surface area contributed by atoms with Crippen molar-refractivity contribution in [3.05, 3.63) is 41.6 Å². The number of thiazole rings is 1. The Bertz CT molecular complexity index is 643. The minimum atomic E-state index is 0.606. The van der Waals surface area contributed by atoms with Gasteiger partial charge in [-0.1, -0.05) is 18.2 Å². The molecule has 2 heterocycles. The van der Waals surface area contributed by atoms with Crippen LogP contribution < -0.4 is 0 Å². The highest BCUT2D eigenvalue weighted by atomic mass is 35.5. The highest BCUT2D eigenvalue weighted by molar-refractivity contribution is 7.13. The van der Waals surface area contributed by atoms with Gasteiger partial charge in [0, 0.05) is 23.1 Å². The van der Waals surface area contributed by atoms with E-state index < -0.39 is 0 Å². The highest BCUT2D eigenvalue weighted by Gasteiger charge is 2.11. The summed E-state index contributed by atoms with van der Waals surface area (Å²) in [5, 5.41) is 4.16. The number of para-hydroxylation sites is 1. The van der Waals surface area contributed by atoms with Crippen molar-refractivity contribution in [1.82, 2.24) is 4.98 Å². The topological polar surface area (TPSA) is 26.0 Å². The van der Waals surface area contributed by atoms with E-state index in [9.17, 15) is 0 Å². The molecular weight excluding hydrogens is 254 g/mol. The monoisotopic (exact) mass is 263 g/mol. The Morgan fingerprint density at radius 2 is 2.18 bits per heavy atom. The molecule has 0 unspecified atom stereocenters. The van der Waals surface area contributed by atoms with Crippen molar-refractivity contribution in [3.8, 4) is 10.6 Å². The number of aryl methyl sites for hydroxylation is 1. The molecule has 0 saturated heterocycles. The highest BCUT2D eigenvalue weighted by Crippen LogP contribution is 2.32. The average Bonchev–Trinajstić information content (AvgIpc) is 2.95. The molecule has 0 radical (unpaired) electrons. The van der Waals surface area contributed by atoms with E-state index in [0.717, 1.165) is 33.7 Å². The Labute approximate surface area is 108 Å². The molecule has 0 aliphatic heterocycles. The molecule has 3 aromatic rings. The van der Waals surface area contributed by atoms with Gasteiger partial charge in [-0.15, -0.1) is 22.9 Å². The van der Waals surface area contributed by atoms with Crippen LogP contribution in [0, 0.1) is 0 Å². The van der Waals surface area contributed by atoms with E-state index in [1.54, 1.807) is 17.6 Å². The second kappa shape index (κ2) is 4.51. The number of alkyl halides is 1. The Kier molecular flexibility index (Phi) is 2.87. The standard InChI is InChI=1S/C13H10ClNOS/c14-6-5-9-8-17-13(15-9)11-7-16-12-4-2-1-3-10(11)12/h1-4,7-8H,5-6H2. The van der Waals surface area contributed by atoms with Crippen molar-refractivity contribution in [1.29, 1.82) is 0 Å². The first-order valence-electron chi connectivity index (χ1n) is 5.35. The van der Waals surface area contributed by atoms with Crippen molar-refractivity contribution < 1.29 is 4.42 Å². The molecule has 4 heteroatoms. The molecule has 1 aromatic carbocycles. The van der Waals surface area contributed by atoms with Crippen molar-refractivity contribution in [2.75, 3.05) is 5.88 Å². The number of rotatable bonds is 3. The van der Waals surface area contributed by atoms with E-state index in [-0.39, 0.29) is 0 Å². The summed E-state index contributed by atoms with van der Waals surface area (Å²) in [6.45, 7) is 0. The Morgan fingerprint density at radius 1 is 1.29 bits per heavy atom. The van der Waals surface area contributed by atoms with Crippen LogP contribution in [0.15, 0.2) is 40.3 Å². The second-order valence-corrected chi connectivity index (χ2v) is 4.96. The third kappa shape index (κ3) is 1.96. The molecule has 3 rings (SSSR count). The van der Waals surface area contributed by atoms with E-state index in [1.807, 2.05) is 18.2 Å². The first-order valence-corrected chi connectivity index (χ1v) is 6.77. The van der Waals surface area contributed by atoms with Crippen LogP contribution in [0.5, 0.6) is 0 Å². The fraction of sp³-hybridized carbons (Fsp3) is 0.154. The molecule has 2 nitrogen and oxygen atoms in total. The molecule has 0 saturated carbocycles. The van der Waals surface area contributed by atoms with Gasteiger partial charge in [-0.3, -0.25) is 0 Å². The second-order valence-electron chi connectivity index (χ2n) is 3.73. The summed E-state index contributed by atoms with van der Waals surface area (Å²) in [5.74, 6) is 0.606. The van der Waals surface area contributed by atoms with Crippen LogP contribution in [-0.2, 0) is 6.42 Å². The number of furan rings is 1. The van der Waals surface area contributed by atoms with E-state index in [0.29, 0.717) is 5.88 Å². The smallest absolute Gasteiger partial charge is 0.134 e. The van der Waals surface area contributed by atoms with Gasteiger partial charge in [0.05, 0.1) is 11.3 Å². The fourth-order valence-corrected chi connectivity index (χ4v) is 2.85. The molecule has 0 spiro atoms. The number of fused-ring (bicyclic) bond motifs is 1. The fourth-order valence-electron chi connectivity index (χ4n) is 1.79. The molecule has 0 amide bonds. The number of aromatic nitrogens is 1. The summed E-state index contributed by atoms with van der Waals surface area (Å²) in [4.78, 5) is 4.57. The van der Waals surface area contributed by atoms with Crippen molar-refractivity contribution >= 4 is 33.9 Å². The largest absolute Gasteiger partial charge is 0.464 e. The van der Waals surface area contributed by atoms with Crippen LogP contribution >= 0.6 is 22.9 Å². The number of hydrogen-bond acceptors (Lipinski definition) is 3. The van der Waals surface area contributed by atoms with Crippen LogP contribution in [0.1, 0.15) is 5.69 Å². The predicted octanol–water partition coefficient (Wildman–Crippen LogP) is 4.34. The molecular formula is C13H10ClNOS. The molecule has 0 aliphatic rings. The van der Waals surface area contributed by atoms with Crippen LogP contribution in [0.4, 0.5) is 0 Å². The molecule has 17 heavy (non-hydrogen) atoms. The molecule has 0 fully saturated rings. The zero-order valence-electron chi connectivity index (χ0n) is 9.02. The molecule has 0 aliphatic carbocycles. The lowest BCUT2D eigenvalue weighted by atomic mass is 10.2. The maximum Gasteiger partial charge on any atom is 0.134 e. The van der Waals surface area contributed by atoms with Crippen LogP contribution in [0.2, 0.25) is 0 Å². The Morgan fingerprint density at radius 3 is 3.06 bits per heavy atom. The van der Waals surface area contributed by atoms with Crippen molar-refractivity contribution in [3.63, 3.8) is 0 Å². The van der Waals surface area contributed by atoms with Gasteiger partial charge in [0.1, 0.15) is 16.9 Å². The van der Waals surface area contributed by atoms with E-state index >= 15 is 0 Å². The summed E-state index contributed by atoms with van der Waals surface area (Å²) >= 11 is 7.34. The lowest BCUT2D eigenvalue weighted by Gasteiger charge is -1.91. The van der Waals surface area contributed by atoms with Gasteiger partial charge < -0.3 is 4.42 Å². The average molecular weight is 264 g/mol. The predicted molar refractivity (Wildman–Crippen MR) is 71.7 cm³/mol. The zero-order chi connectivity index (χ0) is 11.7. The van der Waals surface area contributed by atoms with Gasteiger partial charge in [0.25, 0.3) is 0 Å². The maximum atomic E-state index is 5.71. The van der Waals surface area contributed by atoms with Gasteiger partial charge >= 0.3 is 0 Å². The Balaban J connectivity index is 2.07. The molecule has 0 bridgehead atoms.